The lowest BCUT2D eigenvalue weighted by Gasteiger charge is -2.45. The lowest BCUT2D eigenvalue weighted by molar-refractivity contribution is 0.196. The van der Waals surface area contributed by atoms with E-state index in [0.29, 0.717) is 5.56 Å². The van der Waals surface area contributed by atoms with Crippen LogP contribution in [0.5, 0.6) is 0 Å². The van der Waals surface area contributed by atoms with Crippen LogP contribution < -0.4 is 5.32 Å². The van der Waals surface area contributed by atoms with E-state index in [-0.39, 0.29) is 17.4 Å². The van der Waals surface area contributed by atoms with Crippen molar-refractivity contribution in [1.82, 2.24) is 10.2 Å². The van der Waals surface area contributed by atoms with Crippen LogP contribution in [0.4, 0.5) is 9.18 Å². The normalized spacial score (nSPS) is 20.2. The SMILES string of the molecule is CN1C(=N)[C@H](c2ccc(C(C)(C)C#N)cc2)C(C)(c2cc(-c3cc(F)cc(C#N)c3)cs2)NC1=O. The van der Waals surface area contributed by atoms with E-state index in [1.807, 2.05) is 62.6 Å². The van der Waals surface area contributed by atoms with E-state index in [4.69, 9.17) is 5.41 Å². The molecule has 4 rings (SSSR count). The zero-order valence-corrected chi connectivity index (χ0v) is 20.6. The number of amides is 2. The molecule has 2 amide bonds. The van der Waals surface area contributed by atoms with Gasteiger partial charge >= 0.3 is 6.03 Å². The maximum absolute atomic E-state index is 14.0. The van der Waals surface area contributed by atoms with Gasteiger partial charge in [-0.25, -0.2) is 9.18 Å². The highest BCUT2D eigenvalue weighted by Crippen LogP contribution is 2.45. The van der Waals surface area contributed by atoms with Gasteiger partial charge in [-0.3, -0.25) is 10.3 Å². The molecule has 0 spiro atoms. The highest BCUT2D eigenvalue weighted by molar-refractivity contribution is 7.10. The molecule has 1 aliphatic heterocycles. The Morgan fingerprint density at radius 3 is 2.46 bits per heavy atom. The average molecular weight is 486 g/mol. The van der Waals surface area contributed by atoms with E-state index >= 15 is 0 Å². The quantitative estimate of drug-likeness (QED) is 0.484. The largest absolute Gasteiger partial charge is 0.327 e. The molecule has 2 atom stereocenters. The van der Waals surface area contributed by atoms with Gasteiger partial charge in [0.1, 0.15) is 11.7 Å². The molecule has 2 N–H and O–H groups in total. The molecule has 35 heavy (non-hydrogen) atoms. The zero-order chi connectivity index (χ0) is 25.5. The Morgan fingerprint density at radius 1 is 1.14 bits per heavy atom. The Bertz CT molecular complexity index is 1410. The van der Waals surface area contributed by atoms with Gasteiger partial charge in [0.2, 0.25) is 0 Å². The van der Waals surface area contributed by atoms with E-state index < -0.39 is 22.7 Å². The molecular formula is C27H24FN5OS. The van der Waals surface area contributed by atoms with Crippen molar-refractivity contribution in [2.45, 2.75) is 37.6 Å². The third-order valence-corrected chi connectivity index (χ3v) is 7.77. The Hall–Kier alpha value is -4.01. The standard InChI is InChI=1S/C27H24FN5OS/c1-26(2,15-30)20-7-5-17(6-8-20)23-24(31)33(4)25(34)32-27(23,3)22-12-19(14-35-22)18-9-16(13-29)10-21(28)11-18/h5-12,14,23,31H,1-4H3,(H,32,34)/t23-,27?/m0/s1. The summed E-state index contributed by atoms with van der Waals surface area (Å²) in [6.07, 6.45) is 0. The Morgan fingerprint density at radius 2 is 1.83 bits per heavy atom. The topological polar surface area (TPSA) is 104 Å². The molecule has 3 aromatic rings. The summed E-state index contributed by atoms with van der Waals surface area (Å²) in [7, 11) is 1.56. The van der Waals surface area contributed by atoms with Crippen LogP contribution in [-0.2, 0) is 11.0 Å². The van der Waals surface area contributed by atoms with Crippen LogP contribution in [0.2, 0.25) is 0 Å². The zero-order valence-electron chi connectivity index (χ0n) is 19.8. The van der Waals surface area contributed by atoms with Crippen molar-refractivity contribution in [3.8, 4) is 23.3 Å². The number of amidine groups is 1. The van der Waals surface area contributed by atoms with Crippen molar-refractivity contribution < 1.29 is 9.18 Å². The minimum Gasteiger partial charge on any atom is -0.327 e. The van der Waals surface area contributed by atoms with Crippen LogP contribution in [0.15, 0.2) is 53.9 Å². The maximum Gasteiger partial charge on any atom is 0.323 e. The average Bonchev–Trinajstić information content (AvgIpc) is 3.34. The van der Waals surface area contributed by atoms with Gasteiger partial charge in [-0.15, -0.1) is 11.3 Å². The number of hydrogen-bond acceptors (Lipinski definition) is 5. The number of hydrogen-bond donors (Lipinski definition) is 2. The van der Waals surface area contributed by atoms with Gasteiger partial charge in [-0.2, -0.15) is 10.5 Å². The summed E-state index contributed by atoms with van der Waals surface area (Å²) in [5.41, 5.74) is 1.63. The molecule has 1 aliphatic rings. The van der Waals surface area contributed by atoms with E-state index in [1.165, 1.54) is 28.4 Å². The van der Waals surface area contributed by atoms with Gasteiger partial charge in [0.05, 0.1) is 34.6 Å². The van der Waals surface area contributed by atoms with Crippen LogP contribution in [0.25, 0.3) is 11.1 Å². The molecule has 1 unspecified atom stereocenters. The van der Waals surface area contributed by atoms with Crippen LogP contribution in [0, 0.1) is 33.9 Å². The molecule has 1 saturated heterocycles. The van der Waals surface area contributed by atoms with Gasteiger partial charge in [0.25, 0.3) is 0 Å². The van der Waals surface area contributed by atoms with Crippen LogP contribution in [0.1, 0.15) is 48.3 Å². The van der Waals surface area contributed by atoms with Crippen molar-refractivity contribution >= 4 is 23.2 Å². The summed E-state index contributed by atoms with van der Waals surface area (Å²) in [6, 6.07) is 17.5. The Labute approximate surface area is 207 Å². The molecule has 0 radical (unpaired) electrons. The number of likely N-dealkylation sites (N-methyl/N-ethyl adjacent to an activating group) is 1. The second-order valence-electron chi connectivity index (χ2n) is 9.41. The number of carbonyl (C=O) groups excluding carboxylic acids is 1. The molecule has 6 nitrogen and oxygen atoms in total. The fourth-order valence-corrected chi connectivity index (χ4v) is 5.45. The fourth-order valence-electron chi connectivity index (χ4n) is 4.39. The highest BCUT2D eigenvalue weighted by atomic mass is 32.1. The second-order valence-corrected chi connectivity index (χ2v) is 10.3. The summed E-state index contributed by atoms with van der Waals surface area (Å²) in [4.78, 5) is 14.8. The monoisotopic (exact) mass is 485 g/mol. The van der Waals surface area contributed by atoms with Crippen LogP contribution in [-0.4, -0.2) is 23.8 Å². The lowest BCUT2D eigenvalue weighted by atomic mass is 9.75. The summed E-state index contributed by atoms with van der Waals surface area (Å²) in [5.74, 6) is -0.847. The first kappa shape index (κ1) is 24.1. The molecule has 176 valence electrons. The fraction of sp³-hybridized carbons (Fsp3) is 0.259. The van der Waals surface area contributed by atoms with Crippen molar-refractivity contribution in [1.29, 1.82) is 15.9 Å². The Balaban J connectivity index is 1.80. The summed E-state index contributed by atoms with van der Waals surface area (Å²) >= 11 is 1.41. The molecule has 0 aliphatic carbocycles. The maximum atomic E-state index is 14.0. The molecule has 1 aromatic heterocycles. The molecule has 8 heteroatoms. The molecule has 2 heterocycles. The minimum atomic E-state index is -0.943. The Kier molecular flexibility index (Phi) is 5.96. The molecule has 0 saturated carbocycles. The molecule has 0 bridgehead atoms. The number of urea groups is 1. The van der Waals surface area contributed by atoms with E-state index in [9.17, 15) is 19.7 Å². The molecule has 1 fully saturated rings. The number of nitriles is 2. The number of nitrogens with one attached hydrogen (secondary N) is 2. The van der Waals surface area contributed by atoms with Gasteiger partial charge in [0, 0.05) is 11.9 Å². The number of thiophene rings is 1. The predicted molar refractivity (Wildman–Crippen MR) is 134 cm³/mol. The first-order valence-electron chi connectivity index (χ1n) is 11.0. The number of benzene rings is 2. The van der Waals surface area contributed by atoms with Gasteiger partial charge in [0.15, 0.2) is 0 Å². The van der Waals surface area contributed by atoms with E-state index in [2.05, 4.69) is 11.4 Å². The van der Waals surface area contributed by atoms with E-state index in [0.717, 1.165) is 21.6 Å². The second kappa shape index (κ2) is 8.65. The summed E-state index contributed by atoms with van der Waals surface area (Å²) in [6.45, 7) is 5.58. The summed E-state index contributed by atoms with van der Waals surface area (Å²) in [5, 5.41) is 32.4. The van der Waals surface area contributed by atoms with Crippen molar-refractivity contribution in [2.75, 3.05) is 7.05 Å². The van der Waals surface area contributed by atoms with Crippen molar-refractivity contribution in [3.63, 3.8) is 0 Å². The predicted octanol–water partition coefficient (Wildman–Crippen LogP) is 5.86. The number of rotatable bonds is 4. The van der Waals surface area contributed by atoms with Gasteiger partial charge in [-0.1, -0.05) is 24.3 Å². The summed E-state index contributed by atoms with van der Waals surface area (Å²) < 4.78 is 14.0. The first-order valence-corrected chi connectivity index (χ1v) is 11.8. The van der Waals surface area contributed by atoms with Crippen LogP contribution >= 0.6 is 11.3 Å². The number of carbonyl (C=O) groups is 1. The third kappa shape index (κ3) is 4.18. The molecule has 2 aromatic carbocycles. The minimum absolute atomic E-state index is 0.149. The van der Waals surface area contributed by atoms with Gasteiger partial charge in [-0.05, 0) is 72.7 Å². The first-order chi connectivity index (χ1) is 16.5. The van der Waals surface area contributed by atoms with Gasteiger partial charge < -0.3 is 5.32 Å². The van der Waals surface area contributed by atoms with Crippen molar-refractivity contribution in [2.24, 2.45) is 0 Å². The highest BCUT2D eigenvalue weighted by Gasteiger charge is 2.48. The van der Waals surface area contributed by atoms with Crippen LogP contribution in [0.3, 0.4) is 0 Å². The number of nitrogens with zero attached hydrogens (tertiary/aromatic N) is 3. The van der Waals surface area contributed by atoms with E-state index in [1.54, 1.807) is 13.1 Å². The third-order valence-electron chi connectivity index (χ3n) is 6.60. The molecular weight excluding hydrogens is 461 g/mol. The van der Waals surface area contributed by atoms with Crippen molar-refractivity contribution in [3.05, 3.63) is 81.3 Å². The smallest absolute Gasteiger partial charge is 0.323 e. The number of halogens is 1. The lowest BCUT2D eigenvalue weighted by Crippen LogP contribution is -2.61.